The summed E-state index contributed by atoms with van der Waals surface area (Å²) in [5.74, 6) is -0.793. The lowest BCUT2D eigenvalue weighted by Crippen LogP contribution is -2.37. The van der Waals surface area contributed by atoms with Gasteiger partial charge in [0.15, 0.2) is 6.10 Å². The molecule has 0 fully saturated rings. The van der Waals surface area contributed by atoms with Gasteiger partial charge >= 0.3 is 19.8 Å². The molecule has 63 heavy (non-hydrogen) atoms. The predicted molar refractivity (Wildman–Crippen MR) is 266 cm³/mol. The highest BCUT2D eigenvalue weighted by atomic mass is 31.2. The van der Waals surface area contributed by atoms with Gasteiger partial charge in [-0.05, 0) is 51.4 Å². The molecule has 0 aromatic rings. The highest BCUT2D eigenvalue weighted by Crippen LogP contribution is 2.43. The van der Waals surface area contributed by atoms with E-state index in [1.807, 2.05) is 21.1 Å². The van der Waals surface area contributed by atoms with Gasteiger partial charge in [0, 0.05) is 12.8 Å². The van der Waals surface area contributed by atoms with Gasteiger partial charge in [0.05, 0.1) is 27.7 Å². The van der Waals surface area contributed by atoms with Gasteiger partial charge in [0.25, 0.3) is 0 Å². The number of hydrogen-bond donors (Lipinski definition) is 1. The number of carbonyl (C=O) groups is 2. The number of likely N-dealkylation sites (N-methyl/N-ethyl adjacent to an activating group) is 1. The molecule has 0 amide bonds. The number of carbonyl (C=O) groups excluding carboxylic acids is 2. The third-order valence-corrected chi connectivity index (χ3v) is 12.1. The first kappa shape index (κ1) is 61.0. The first-order valence-electron chi connectivity index (χ1n) is 25.9. The van der Waals surface area contributed by atoms with Gasteiger partial charge in [-0.3, -0.25) is 18.6 Å². The predicted octanol–water partition coefficient (Wildman–Crippen LogP) is 15.4. The number of quaternary nitrogens is 1. The van der Waals surface area contributed by atoms with Crippen LogP contribution in [-0.2, 0) is 32.7 Å². The van der Waals surface area contributed by atoms with Crippen molar-refractivity contribution in [1.82, 2.24) is 0 Å². The van der Waals surface area contributed by atoms with E-state index >= 15 is 0 Å². The average Bonchev–Trinajstić information content (AvgIpc) is 3.24. The molecular weight excluding hydrogens is 810 g/mol. The molecule has 2 unspecified atom stereocenters. The van der Waals surface area contributed by atoms with Gasteiger partial charge in [0.1, 0.15) is 19.8 Å². The Balaban J connectivity index is 4.06. The van der Waals surface area contributed by atoms with E-state index in [9.17, 15) is 19.0 Å². The van der Waals surface area contributed by atoms with E-state index < -0.39 is 26.5 Å². The van der Waals surface area contributed by atoms with Crippen molar-refractivity contribution in [3.05, 3.63) is 48.6 Å². The van der Waals surface area contributed by atoms with Crippen LogP contribution in [0.3, 0.4) is 0 Å². The summed E-state index contributed by atoms with van der Waals surface area (Å²) in [7, 11) is 1.48. The first-order chi connectivity index (χ1) is 30.5. The fourth-order valence-corrected chi connectivity index (χ4v) is 7.87. The minimum Gasteiger partial charge on any atom is -0.462 e. The average molecular weight is 909 g/mol. The second-order valence-electron chi connectivity index (χ2n) is 18.5. The van der Waals surface area contributed by atoms with Crippen molar-refractivity contribution >= 4 is 19.8 Å². The van der Waals surface area contributed by atoms with E-state index in [-0.39, 0.29) is 25.6 Å². The molecule has 10 heteroatoms. The lowest BCUT2D eigenvalue weighted by Gasteiger charge is -2.24. The zero-order valence-electron chi connectivity index (χ0n) is 41.6. The van der Waals surface area contributed by atoms with Crippen LogP contribution in [0.5, 0.6) is 0 Å². The Bertz CT molecular complexity index is 1210. The Morgan fingerprint density at radius 2 is 0.905 bits per heavy atom. The van der Waals surface area contributed by atoms with Crippen molar-refractivity contribution in [2.45, 2.75) is 232 Å². The molecule has 368 valence electrons. The number of nitrogens with zero attached hydrogens (tertiary/aromatic N) is 1. The summed E-state index contributed by atoms with van der Waals surface area (Å²) in [6.07, 6.45) is 54.7. The summed E-state index contributed by atoms with van der Waals surface area (Å²) in [4.78, 5) is 35.4. The summed E-state index contributed by atoms with van der Waals surface area (Å²) in [5, 5.41) is 0. The summed E-state index contributed by atoms with van der Waals surface area (Å²) >= 11 is 0. The monoisotopic (exact) mass is 909 g/mol. The molecule has 1 N–H and O–H groups in total. The molecule has 2 atom stereocenters. The smallest absolute Gasteiger partial charge is 0.462 e. The second kappa shape index (κ2) is 45.1. The van der Waals surface area contributed by atoms with Crippen LogP contribution in [0.1, 0.15) is 226 Å². The van der Waals surface area contributed by atoms with Crippen LogP contribution < -0.4 is 0 Å². The SMILES string of the molecule is CC/C=C\C/C=C\C/C=C\C/C=C\CCCCCCCCCCCCCCCCCCC(=O)OC(COC(=O)CCCCCCCCCCCC)COP(=O)(O)OCC[N+](C)(C)C. The van der Waals surface area contributed by atoms with Crippen molar-refractivity contribution in [3.63, 3.8) is 0 Å². The number of unbranched alkanes of at least 4 members (excludes halogenated alkanes) is 25. The molecule has 0 aliphatic rings. The van der Waals surface area contributed by atoms with Gasteiger partial charge in [-0.15, -0.1) is 0 Å². The van der Waals surface area contributed by atoms with E-state index in [4.69, 9.17) is 18.5 Å². The number of phosphoric acid groups is 1. The molecule has 0 saturated heterocycles. The molecule has 0 saturated carbocycles. The molecule has 0 aliphatic heterocycles. The highest BCUT2D eigenvalue weighted by molar-refractivity contribution is 7.47. The summed E-state index contributed by atoms with van der Waals surface area (Å²) < 4.78 is 34.4. The Labute approximate surface area is 388 Å². The number of rotatable bonds is 47. The molecule has 0 aromatic carbocycles. The van der Waals surface area contributed by atoms with Gasteiger partial charge < -0.3 is 18.9 Å². The number of allylic oxidation sites excluding steroid dienone is 8. The molecule has 0 rings (SSSR count). The van der Waals surface area contributed by atoms with Crippen molar-refractivity contribution < 1.29 is 42.1 Å². The third-order valence-electron chi connectivity index (χ3n) is 11.1. The quantitative estimate of drug-likeness (QED) is 0.0211. The fraction of sp³-hybridized carbons (Fsp3) is 0.811. The van der Waals surface area contributed by atoms with E-state index in [0.29, 0.717) is 23.9 Å². The van der Waals surface area contributed by atoms with Crippen molar-refractivity contribution in [1.29, 1.82) is 0 Å². The Kier molecular flexibility index (Phi) is 43.7. The molecule has 0 spiro atoms. The zero-order valence-corrected chi connectivity index (χ0v) is 42.5. The number of hydrogen-bond acceptors (Lipinski definition) is 7. The van der Waals surface area contributed by atoms with Gasteiger partial charge in [-0.1, -0.05) is 210 Å². The second-order valence-corrected chi connectivity index (χ2v) is 20.0. The molecule has 0 bridgehead atoms. The lowest BCUT2D eigenvalue weighted by molar-refractivity contribution is -0.870. The lowest BCUT2D eigenvalue weighted by atomic mass is 10.0. The van der Waals surface area contributed by atoms with Crippen LogP contribution in [-0.4, -0.2) is 74.9 Å². The third kappa shape index (κ3) is 49.2. The maximum absolute atomic E-state index is 12.7. The normalized spacial score (nSPS) is 13.8. The van der Waals surface area contributed by atoms with Crippen molar-refractivity contribution in [3.8, 4) is 0 Å². The van der Waals surface area contributed by atoms with E-state index in [1.165, 1.54) is 135 Å². The molecular formula is C53H99NO8P+. The maximum atomic E-state index is 12.7. The van der Waals surface area contributed by atoms with E-state index in [2.05, 4.69) is 62.5 Å². The Morgan fingerprint density at radius 1 is 0.508 bits per heavy atom. The Morgan fingerprint density at radius 3 is 1.35 bits per heavy atom. The number of esters is 2. The topological polar surface area (TPSA) is 108 Å². The molecule has 0 heterocycles. The molecule has 0 aliphatic carbocycles. The standard InChI is InChI=1S/C53H98NO8P/c1-6-8-10-12-14-16-18-19-20-21-22-23-24-25-26-27-28-29-30-31-32-33-34-35-36-38-40-42-44-46-53(56)62-51(50-61-63(57,58)60-48-47-54(3,4)5)49-59-52(55)45-43-41-39-37-17-15-13-11-9-7-2/h8,10,14,16,19-20,22-23,51H,6-7,9,11-13,15,17-18,21,24-50H2,1-5H3/p+1/b10-8-,16-14-,20-19-,23-22-. The summed E-state index contributed by atoms with van der Waals surface area (Å²) in [5.41, 5.74) is 0. The van der Waals surface area contributed by atoms with Gasteiger partial charge in [-0.2, -0.15) is 0 Å². The number of ether oxygens (including phenoxy) is 2. The van der Waals surface area contributed by atoms with Crippen LogP contribution in [0.4, 0.5) is 0 Å². The van der Waals surface area contributed by atoms with Crippen LogP contribution in [0.25, 0.3) is 0 Å². The highest BCUT2D eigenvalue weighted by Gasteiger charge is 2.27. The Hall–Kier alpha value is -2.03. The van der Waals surface area contributed by atoms with Crippen LogP contribution >= 0.6 is 7.82 Å². The minimum atomic E-state index is -4.37. The van der Waals surface area contributed by atoms with Crippen molar-refractivity contribution in [2.24, 2.45) is 0 Å². The van der Waals surface area contributed by atoms with Gasteiger partial charge in [0.2, 0.25) is 0 Å². The zero-order chi connectivity index (χ0) is 46.4. The molecule has 0 aromatic heterocycles. The first-order valence-corrected chi connectivity index (χ1v) is 27.4. The largest absolute Gasteiger partial charge is 0.472 e. The van der Waals surface area contributed by atoms with E-state index in [1.54, 1.807) is 0 Å². The van der Waals surface area contributed by atoms with Crippen LogP contribution in [0.2, 0.25) is 0 Å². The van der Waals surface area contributed by atoms with E-state index in [0.717, 1.165) is 57.8 Å². The maximum Gasteiger partial charge on any atom is 0.472 e. The van der Waals surface area contributed by atoms with Crippen molar-refractivity contribution in [2.75, 3.05) is 47.5 Å². The van der Waals surface area contributed by atoms with Crippen LogP contribution in [0, 0.1) is 0 Å². The summed E-state index contributed by atoms with van der Waals surface area (Å²) in [6.45, 7) is 4.32. The number of phosphoric ester groups is 1. The molecule has 0 radical (unpaired) electrons. The molecule has 9 nitrogen and oxygen atoms in total. The minimum absolute atomic E-state index is 0.0329. The van der Waals surface area contributed by atoms with Crippen LogP contribution in [0.15, 0.2) is 48.6 Å². The summed E-state index contributed by atoms with van der Waals surface area (Å²) in [6, 6.07) is 0. The van der Waals surface area contributed by atoms with Gasteiger partial charge in [-0.25, -0.2) is 4.57 Å². The fourth-order valence-electron chi connectivity index (χ4n) is 7.12.